The van der Waals surface area contributed by atoms with Crippen molar-refractivity contribution >= 4 is 5.91 Å². The van der Waals surface area contributed by atoms with Crippen LogP contribution < -0.4 is 0 Å². The van der Waals surface area contributed by atoms with Gasteiger partial charge in [-0.05, 0) is 25.0 Å². The maximum absolute atomic E-state index is 12.4. The number of carbonyl (C=O) groups excluding carboxylic acids is 1. The van der Waals surface area contributed by atoms with Crippen LogP contribution in [0.3, 0.4) is 0 Å². The SMILES string of the molecule is O=C(c1ccco1)N1CCC(C(F)(F)F)CC1. The number of piperidine rings is 1. The minimum absolute atomic E-state index is 0.0318. The Bertz CT molecular complexity index is 378. The molecule has 1 fully saturated rings. The number of furan rings is 1. The number of nitrogens with zero attached hydrogens (tertiary/aromatic N) is 1. The fourth-order valence-electron chi connectivity index (χ4n) is 1.97. The summed E-state index contributed by atoms with van der Waals surface area (Å²) >= 11 is 0. The summed E-state index contributed by atoms with van der Waals surface area (Å²) in [4.78, 5) is 13.2. The van der Waals surface area contributed by atoms with Crippen molar-refractivity contribution in [3.8, 4) is 0 Å². The summed E-state index contributed by atoms with van der Waals surface area (Å²) in [6, 6.07) is 3.09. The summed E-state index contributed by atoms with van der Waals surface area (Å²) < 4.78 is 42.2. The van der Waals surface area contributed by atoms with Crippen LogP contribution in [-0.4, -0.2) is 30.1 Å². The van der Waals surface area contributed by atoms with E-state index in [9.17, 15) is 18.0 Å². The molecule has 0 bridgehead atoms. The van der Waals surface area contributed by atoms with E-state index in [2.05, 4.69) is 0 Å². The normalized spacial score (nSPS) is 18.4. The molecular weight excluding hydrogens is 235 g/mol. The van der Waals surface area contributed by atoms with E-state index in [1.54, 1.807) is 6.07 Å². The quantitative estimate of drug-likeness (QED) is 0.764. The summed E-state index contributed by atoms with van der Waals surface area (Å²) in [5, 5.41) is 0. The fraction of sp³-hybridized carbons (Fsp3) is 0.545. The average Bonchev–Trinajstić information content (AvgIpc) is 2.80. The van der Waals surface area contributed by atoms with Gasteiger partial charge in [0.1, 0.15) is 0 Å². The molecule has 0 atom stereocenters. The molecule has 0 N–H and O–H groups in total. The van der Waals surface area contributed by atoms with E-state index in [0.29, 0.717) is 0 Å². The van der Waals surface area contributed by atoms with E-state index in [1.165, 1.54) is 17.2 Å². The zero-order valence-electron chi connectivity index (χ0n) is 9.04. The Labute approximate surface area is 96.2 Å². The molecule has 3 nitrogen and oxygen atoms in total. The van der Waals surface area contributed by atoms with Crippen molar-refractivity contribution in [1.82, 2.24) is 4.90 Å². The standard InChI is InChI=1S/C11H12F3NO2/c12-11(13,14)8-3-5-15(6-4-8)10(16)9-2-1-7-17-9/h1-2,7-8H,3-6H2. The third kappa shape index (κ3) is 2.62. The van der Waals surface area contributed by atoms with Crippen LogP contribution in [0, 0.1) is 5.92 Å². The third-order valence-corrected chi connectivity index (χ3v) is 2.98. The highest BCUT2D eigenvalue weighted by molar-refractivity contribution is 5.91. The Balaban J connectivity index is 1.94. The van der Waals surface area contributed by atoms with Crippen LogP contribution in [0.25, 0.3) is 0 Å². The molecule has 1 amide bonds. The number of hydrogen-bond acceptors (Lipinski definition) is 2. The first kappa shape index (κ1) is 12.0. The summed E-state index contributed by atoms with van der Waals surface area (Å²) in [5.41, 5.74) is 0. The van der Waals surface area contributed by atoms with Crippen molar-refractivity contribution in [3.05, 3.63) is 24.2 Å². The van der Waals surface area contributed by atoms with Crippen LogP contribution >= 0.6 is 0 Å². The monoisotopic (exact) mass is 247 g/mol. The Morgan fingerprint density at radius 2 is 2.00 bits per heavy atom. The molecule has 0 aliphatic carbocycles. The lowest BCUT2D eigenvalue weighted by molar-refractivity contribution is -0.183. The van der Waals surface area contributed by atoms with Gasteiger partial charge in [-0.15, -0.1) is 0 Å². The number of hydrogen-bond donors (Lipinski definition) is 0. The number of likely N-dealkylation sites (tertiary alicyclic amines) is 1. The van der Waals surface area contributed by atoms with Crippen LogP contribution in [0.4, 0.5) is 13.2 Å². The lowest BCUT2D eigenvalue weighted by Gasteiger charge is -2.32. The zero-order chi connectivity index (χ0) is 12.5. The van der Waals surface area contributed by atoms with Crippen molar-refractivity contribution in [2.24, 2.45) is 5.92 Å². The maximum atomic E-state index is 12.4. The van der Waals surface area contributed by atoms with Crippen LogP contribution in [0.1, 0.15) is 23.4 Å². The second-order valence-electron chi connectivity index (χ2n) is 4.09. The molecule has 1 aromatic rings. The number of amides is 1. The van der Waals surface area contributed by atoms with E-state index in [-0.39, 0.29) is 37.6 Å². The molecule has 2 rings (SSSR count). The Kier molecular flexibility index (Phi) is 3.13. The smallest absolute Gasteiger partial charge is 0.391 e. The predicted octanol–water partition coefficient (Wildman–Crippen LogP) is 2.69. The lowest BCUT2D eigenvalue weighted by Crippen LogP contribution is -2.42. The third-order valence-electron chi connectivity index (χ3n) is 2.98. The lowest BCUT2D eigenvalue weighted by atomic mass is 9.96. The minimum atomic E-state index is -4.15. The van der Waals surface area contributed by atoms with Gasteiger partial charge in [-0.25, -0.2) is 0 Å². The zero-order valence-corrected chi connectivity index (χ0v) is 9.04. The first-order valence-electron chi connectivity index (χ1n) is 5.38. The highest BCUT2D eigenvalue weighted by Gasteiger charge is 2.41. The first-order valence-corrected chi connectivity index (χ1v) is 5.38. The molecular formula is C11H12F3NO2. The fourth-order valence-corrected chi connectivity index (χ4v) is 1.97. The maximum Gasteiger partial charge on any atom is 0.391 e. The molecule has 0 aromatic carbocycles. The number of rotatable bonds is 1. The van der Waals surface area contributed by atoms with E-state index in [4.69, 9.17) is 4.42 Å². The van der Waals surface area contributed by atoms with Crippen LogP contribution in [0.5, 0.6) is 0 Å². The largest absolute Gasteiger partial charge is 0.459 e. The van der Waals surface area contributed by atoms with Gasteiger partial charge in [0, 0.05) is 13.1 Å². The van der Waals surface area contributed by atoms with E-state index >= 15 is 0 Å². The minimum Gasteiger partial charge on any atom is -0.459 e. The molecule has 6 heteroatoms. The average molecular weight is 247 g/mol. The first-order chi connectivity index (χ1) is 7.98. The van der Waals surface area contributed by atoms with Gasteiger partial charge in [-0.3, -0.25) is 4.79 Å². The van der Waals surface area contributed by atoms with Crippen molar-refractivity contribution in [2.75, 3.05) is 13.1 Å². The van der Waals surface area contributed by atoms with Gasteiger partial charge in [0.2, 0.25) is 0 Å². The molecule has 1 aliphatic rings. The van der Waals surface area contributed by atoms with Gasteiger partial charge in [-0.1, -0.05) is 0 Å². The Morgan fingerprint density at radius 1 is 1.35 bits per heavy atom. The summed E-state index contributed by atoms with van der Waals surface area (Å²) in [6.45, 7) is 0.257. The second kappa shape index (κ2) is 4.43. The molecule has 2 heterocycles. The predicted molar refractivity (Wildman–Crippen MR) is 53.4 cm³/mol. The molecule has 17 heavy (non-hydrogen) atoms. The van der Waals surface area contributed by atoms with Crippen molar-refractivity contribution in [1.29, 1.82) is 0 Å². The number of alkyl halides is 3. The molecule has 0 saturated carbocycles. The summed E-state index contributed by atoms with van der Waals surface area (Å²) in [5.74, 6) is -1.45. The Morgan fingerprint density at radius 3 is 2.47 bits per heavy atom. The second-order valence-corrected chi connectivity index (χ2v) is 4.09. The summed E-state index contributed by atoms with van der Waals surface area (Å²) in [6.07, 6.45) is -2.85. The molecule has 0 radical (unpaired) electrons. The number of halogens is 3. The Hall–Kier alpha value is -1.46. The van der Waals surface area contributed by atoms with Crippen molar-refractivity contribution in [2.45, 2.75) is 19.0 Å². The summed E-state index contributed by atoms with van der Waals surface area (Å²) in [7, 11) is 0. The highest BCUT2D eigenvalue weighted by atomic mass is 19.4. The molecule has 1 aliphatic heterocycles. The highest BCUT2D eigenvalue weighted by Crippen LogP contribution is 2.34. The van der Waals surface area contributed by atoms with E-state index < -0.39 is 12.1 Å². The van der Waals surface area contributed by atoms with Crippen LogP contribution in [0.2, 0.25) is 0 Å². The number of carbonyl (C=O) groups is 1. The van der Waals surface area contributed by atoms with Gasteiger partial charge in [0.15, 0.2) is 5.76 Å². The van der Waals surface area contributed by atoms with Crippen LogP contribution in [0.15, 0.2) is 22.8 Å². The van der Waals surface area contributed by atoms with E-state index in [0.717, 1.165) is 0 Å². The van der Waals surface area contributed by atoms with Crippen molar-refractivity contribution in [3.63, 3.8) is 0 Å². The van der Waals surface area contributed by atoms with Gasteiger partial charge in [-0.2, -0.15) is 13.2 Å². The van der Waals surface area contributed by atoms with Crippen LogP contribution in [-0.2, 0) is 0 Å². The van der Waals surface area contributed by atoms with Gasteiger partial charge < -0.3 is 9.32 Å². The van der Waals surface area contributed by atoms with Gasteiger partial charge in [0.25, 0.3) is 5.91 Å². The molecule has 94 valence electrons. The van der Waals surface area contributed by atoms with Crippen molar-refractivity contribution < 1.29 is 22.4 Å². The molecule has 1 aromatic heterocycles. The molecule has 1 saturated heterocycles. The van der Waals surface area contributed by atoms with E-state index in [1.807, 2.05) is 0 Å². The topological polar surface area (TPSA) is 33.5 Å². The van der Waals surface area contributed by atoms with Gasteiger partial charge >= 0.3 is 6.18 Å². The molecule has 0 unspecified atom stereocenters. The molecule has 0 spiro atoms. The van der Waals surface area contributed by atoms with Gasteiger partial charge in [0.05, 0.1) is 12.2 Å².